The molecule has 0 atom stereocenters. The Hall–Kier alpha value is -5.88. The van der Waals surface area contributed by atoms with Gasteiger partial charge >= 0.3 is 6.18 Å². The summed E-state index contributed by atoms with van der Waals surface area (Å²) in [7, 11) is 0. The van der Waals surface area contributed by atoms with E-state index in [0.717, 1.165) is 79.0 Å². The van der Waals surface area contributed by atoms with Gasteiger partial charge in [-0.1, -0.05) is 54.6 Å². The van der Waals surface area contributed by atoms with Crippen LogP contribution in [0.3, 0.4) is 0 Å². The molecular formula is C42H30F3N3. The van der Waals surface area contributed by atoms with Crippen LogP contribution in [0.1, 0.15) is 16.7 Å². The van der Waals surface area contributed by atoms with Crippen LogP contribution in [0.4, 0.5) is 13.2 Å². The number of hydrogen-bond donors (Lipinski definition) is 0. The molecule has 7 rings (SSSR count). The lowest BCUT2D eigenvalue weighted by Gasteiger charge is -2.14. The van der Waals surface area contributed by atoms with Crippen LogP contribution < -0.4 is 0 Å². The van der Waals surface area contributed by atoms with E-state index in [-0.39, 0.29) is 0 Å². The van der Waals surface area contributed by atoms with Gasteiger partial charge < -0.3 is 0 Å². The number of rotatable bonds is 6. The standard InChI is InChI=1S/C42H30F3N3/c1-27-12-38(23-46-21-27)32-9-3-6-29(14-32)35-17-36(30-7-4-10-33(15-30)39-13-28(2)22-47-24-39)19-37(18-35)31-8-5-11-34(16-31)40-20-41(26-48-25-40)42(43,44)45/h3-26H,1-2H3. The van der Waals surface area contributed by atoms with Crippen molar-refractivity contribution in [2.45, 2.75) is 20.0 Å². The minimum atomic E-state index is -4.48. The zero-order chi connectivity index (χ0) is 33.3. The molecule has 234 valence electrons. The lowest BCUT2D eigenvalue weighted by Crippen LogP contribution is -2.05. The molecule has 0 saturated carbocycles. The number of aryl methyl sites for hydroxylation is 2. The first kappa shape index (κ1) is 30.8. The summed E-state index contributed by atoms with van der Waals surface area (Å²) >= 11 is 0. The monoisotopic (exact) mass is 633 g/mol. The summed E-state index contributed by atoms with van der Waals surface area (Å²) in [6.45, 7) is 4.06. The Morgan fingerprint density at radius 2 is 0.667 bits per heavy atom. The number of aromatic nitrogens is 3. The van der Waals surface area contributed by atoms with Gasteiger partial charge in [0.2, 0.25) is 0 Å². The van der Waals surface area contributed by atoms with E-state index in [1.54, 1.807) is 0 Å². The number of benzene rings is 4. The third-order valence-electron chi connectivity index (χ3n) is 8.34. The minimum absolute atomic E-state index is 0.405. The molecule has 6 heteroatoms. The smallest absolute Gasteiger partial charge is 0.264 e. The highest BCUT2D eigenvalue weighted by Crippen LogP contribution is 2.37. The van der Waals surface area contributed by atoms with Gasteiger partial charge in [-0.3, -0.25) is 15.0 Å². The first-order chi connectivity index (χ1) is 23.2. The maximum Gasteiger partial charge on any atom is 0.417 e. The highest BCUT2D eigenvalue weighted by Gasteiger charge is 2.31. The third-order valence-corrected chi connectivity index (χ3v) is 8.34. The van der Waals surface area contributed by atoms with Crippen molar-refractivity contribution in [3.8, 4) is 66.8 Å². The van der Waals surface area contributed by atoms with Crippen molar-refractivity contribution in [2.75, 3.05) is 0 Å². The maximum atomic E-state index is 13.5. The van der Waals surface area contributed by atoms with E-state index in [0.29, 0.717) is 11.1 Å². The number of hydrogen-bond acceptors (Lipinski definition) is 3. The van der Waals surface area contributed by atoms with Crippen molar-refractivity contribution in [3.63, 3.8) is 0 Å². The van der Waals surface area contributed by atoms with Crippen molar-refractivity contribution in [3.05, 3.63) is 163 Å². The van der Waals surface area contributed by atoms with E-state index in [9.17, 15) is 13.2 Å². The van der Waals surface area contributed by atoms with Crippen LogP contribution in [0.15, 0.2) is 146 Å². The average molecular weight is 634 g/mol. The van der Waals surface area contributed by atoms with Crippen LogP contribution in [0, 0.1) is 13.8 Å². The zero-order valence-electron chi connectivity index (χ0n) is 26.3. The van der Waals surface area contributed by atoms with E-state index in [1.165, 1.54) is 6.20 Å². The molecule has 0 unspecified atom stereocenters. The third kappa shape index (κ3) is 6.65. The molecule has 48 heavy (non-hydrogen) atoms. The Labute approximate surface area is 277 Å². The van der Waals surface area contributed by atoms with Crippen molar-refractivity contribution < 1.29 is 13.2 Å². The molecule has 0 aliphatic rings. The van der Waals surface area contributed by atoms with E-state index in [4.69, 9.17) is 0 Å². The fraction of sp³-hybridized carbons (Fsp3) is 0.0714. The molecule has 0 aliphatic carbocycles. The lowest BCUT2D eigenvalue weighted by molar-refractivity contribution is -0.137. The molecule has 0 fully saturated rings. The molecule has 0 saturated heterocycles. The second-order valence-electron chi connectivity index (χ2n) is 12.0. The van der Waals surface area contributed by atoms with Crippen LogP contribution in [-0.4, -0.2) is 15.0 Å². The predicted octanol–water partition coefficient (Wildman–Crippen LogP) is 11.5. The van der Waals surface area contributed by atoms with Crippen molar-refractivity contribution >= 4 is 0 Å². The normalized spacial score (nSPS) is 11.4. The summed E-state index contributed by atoms with van der Waals surface area (Å²) in [5.74, 6) is 0. The van der Waals surface area contributed by atoms with Crippen LogP contribution in [0.2, 0.25) is 0 Å². The van der Waals surface area contributed by atoms with Crippen LogP contribution >= 0.6 is 0 Å². The Kier molecular flexibility index (Phi) is 8.15. The molecule has 3 nitrogen and oxygen atoms in total. The maximum absolute atomic E-state index is 13.5. The molecule has 0 N–H and O–H groups in total. The molecule has 0 amide bonds. The quantitative estimate of drug-likeness (QED) is 0.183. The Morgan fingerprint density at radius 3 is 1.02 bits per heavy atom. The molecule has 3 aromatic heterocycles. The molecular weight excluding hydrogens is 603 g/mol. The summed E-state index contributed by atoms with van der Waals surface area (Å²) in [5.41, 5.74) is 12.6. The predicted molar refractivity (Wildman–Crippen MR) is 187 cm³/mol. The first-order valence-electron chi connectivity index (χ1n) is 15.5. The summed E-state index contributed by atoms with van der Waals surface area (Å²) in [6.07, 6.45) is 5.26. The number of nitrogens with zero attached hydrogens (tertiary/aromatic N) is 3. The van der Waals surface area contributed by atoms with E-state index in [1.807, 2.05) is 75.0 Å². The van der Waals surface area contributed by atoms with E-state index < -0.39 is 11.7 Å². The Morgan fingerprint density at radius 1 is 0.354 bits per heavy atom. The van der Waals surface area contributed by atoms with Gasteiger partial charge in [0.1, 0.15) is 0 Å². The first-order valence-corrected chi connectivity index (χ1v) is 15.5. The van der Waals surface area contributed by atoms with Crippen molar-refractivity contribution in [2.24, 2.45) is 0 Å². The largest absolute Gasteiger partial charge is 0.417 e. The van der Waals surface area contributed by atoms with Gasteiger partial charge in [-0.15, -0.1) is 0 Å². The fourth-order valence-corrected chi connectivity index (χ4v) is 5.94. The van der Waals surface area contributed by atoms with Gasteiger partial charge in [-0.2, -0.15) is 13.2 Å². The summed E-state index contributed by atoms with van der Waals surface area (Å²) in [6, 6.07) is 36.2. The number of halogens is 3. The average Bonchev–Trinajstić information content (AvgIpc) is 3.11. The lowest BCUT2D eigenvalue weighted by atomic mass is 9.90. The fourth-order valence-electron chi connectivity index (χ4n) is 5.94. The van der Waals surface area contributed by atoms with Gasteiger partial charge in [0.05, 0.1) is 5.56 Å². The molecule has 0 aliphatic heterocycles. The van der Waals surface area contributed by atoms with Crippen LogP contribution in [0.5, 0.6) is 0 Å². The van der Waals surface area contributed by atoms with Crippen LogP contribution in [-0.2, 0) is 6.18 Å². The van der Waals surface area contributed by atoms with Gasteiger partial charge in [-0.25, -0.2) is 0 Å². The molecule has 7 aromatic rings. The van der Waals surface area contributed by atoms with Crippen LogP contribution in [0.25, 0.3) is 66.8 Å². The summed E-state index contributed by atoms with van der Waals surface area (Å²) < 4.78 is 40.5. The second kappa shape index (κ2) is 12.7. The van der Waals surface area contributed by atoms with E-state index in [2.05, 4.69) is 81.7 Å². The van der Waals surface area contributed by atoms with E-state index >= 15 is 0 Å². The SMILES string of the molecule is Cc1cncc(-c2cccc(-c3cc(-c4cccc(-c5cncc(C)c5)c4)cc(-c4cccc(-c5cncc(C(F)(F)F)c5)c4)c3)c2)c1. The van der Waals surface area contributed by atoms with Gasteiger partial charge in [0, 0.05) is 53.9 Å². The molecule has 4 aromatic carbocycles. The summed E-state index contributed by atoms with van der Waals surface area (Å²) in [4.78, 5) is 12.7. The molecule has 3 heterocycles. The van der Waals surface area contributed by atoms with Gasteiger partial charge in [0.25, 0.3) is 0 Å². The topological polar surface area (TPSA) is 38.7 Å². The molecule has 0 spiro atoms. The zero-order valence-corrected chi connectivity index (χ0v) is 26.3. The highest BCUT2D eigenvalue weighted by atomic mass is 19.4. The Bertz CT molecular complexity index is 2170. The number of pyridine rings is 3. The van der Waals surface area contributed by atoms with Gasteiger partial charge in [0.15, 0.2) is 0 Å². The van der Waals surface area contributed by atoms with Crippen molar-refractivity contribution in [1.29, 1.82) is 0 Å². The van der Waals surface area contributed by atoms with Gasteiger partial charge in [-0.05, 0) is 130 Å². The second-order valence-corrected chi connectivity index (χ2v) is 12.0. The molecule has 0 bridgehead atoms. The summed E-state index contributed by atoms with van der Waals surface area (Å²) in [5, 5.41) is 0. The Balaban J connectivity index is 1.37. The van der Waals surface area contributed by atoms with Crippen molar-refractivity contribution in [1.82, 2.24) is 15.0 Å². The molecule has 0 radical (unpaired) electrons. The minimum Gasteiger partial charge on any atom is -0.264 e. The number of alkyl halides is 3. The highest BCUT2D eigenvalue weighted by molar-refractivity contribution is 5.85.